The Bertz CT molecular complexity index is 1110. The molecule has 29 heavy (non-hydrogen) atoms. The molecule has 8 nitrogen and oxygen atoms in total. The number of hydrogen-bond donors (Lipinski definition) is 0. The Kier molecular flexibility index (Phi) is 3.97. The van der Waals surface area contributed by atoms with Gasteiger partial charge in [-0.2, -0.15) is 4.31 Å². The van der Waals surface area contributed by atoms with Crippen molar-refractivity contribution in [3.63, 3.8) is 0 Å². The number of anilines is 1. The molecule has 0 aliphatic carbocycles. The van der Waals surface area contributed by atoms with Crippen LogP contribution in [0.4, 0.5) is 5.13 Å². The highest BCUT2D eigenvalue weighted by atomic mass is 32.2. The van der Waals surface area contributed by atoms with Gasteiger partial charge in [-0.1, -0.05) is 16.5 Å². The van der Waals surface area contributed by atoms with Crippen LogP contribution in [-0.2, 0) is 19.6 Å². The minimum absolute atomic E-state index is 0.0269. The van der Waals surface area contributed by atoms with Crippen molar-refractivity contribution in [2.45, 2.75) is 42.9 Å². The van der Waals surface area contributed by atoms with E-state index in [1.165, 1.54) is 0 Å². The number of rotatable bonds is 4. The second kappa shape index (κ2) is 6.37. The first-order chi connectivity index (χ1) is 14.0. The van der Waals surface area contributed by atoms with E-state index >= 15 is 0 Å². The van der Waals surface area contributed by atoms with Gasteiger partial charge in [-0.25, -0.2) is 13.4 Å². The molecular weight excluding hydrogens is 412 g/mol. The Morgan fingerprint density at radius 2 is 2.10 bits per heavy atom. The Labute approximate surface area is 173 Å². The lowest BCUT2D eigenvalue weighted by molar-refractivity contribution is 0.0608. The normalized spacial score (nSPS) is 30.0. The van der Waals surface area contributed by atoms with Gasteiger partial charge < -0.3 is 14.5 Å². The number of fused-ring (bicyclic) bond motifs is 3. The highest BCUT2D eigenvalue weighted by Crippen LogP contribution is 2.37. The molecule has 6 rings (SSSR count). The predicted octanol–water partition coefficient (Wildman–Crippen LogP) is 2.06. The van der Waals surface area contributed by atoms with Gasteiger partial charge in [-0.3, -0.25) is 0 Å². The first kappa shape index (κ1) is 18.1. The zero-order valence-electron chi connectivity index (χ0n) is 16.0. The Morgan fingerprint density at radius 1 is 1.24 bits per heavy atom. The predicted molar refractivity (Wildman–Crippen MR) is 110 cm³/mol. The van der Waals surface area contributed by atoms with Crippen LogP contribution < -0.4 is 4.90 Å². The van der Waals surface area contributed by atoms with Gasteiger partial charge in [0.2, 0.25) is 10.0 Å². The zero-order valence-corrected chi connectivity index (χ0v) is 17.7. The number of sulfonamides is 1. The van der Waals surface area contributed by atoms with E-state index in [0.717, 1.165) is 47.0 Å². The molecule has 0 N–H and O–H groups in total. The molecular formula is C19H22N4O4S2. The summed E-state index contributed by atoms with van der Waals surface area (Å²) in [5.41, 5.74) is 1.99. The van der Waals surface area contributed by atoms with E-state index in [9.17, 15) is 8.42 Å². The molecule has 1 unspecified atom stereocenters. The van der Waals surface area contributed by atoms with Crippen LogP contribution in [0.5, 0.6) is 0 Å². The summed E-state index contributed by atoms with van der Waals surface area (Å²) >= 11 is 1.55. The van der Waals surface area contributed by atoms with Crippen molar-refractivity contribution in [1.82, 2.24) is 9.29 Å². The lowest BCUT2D eigenvalue weighted by Crippen LogP contribution is -2.50. The maximum absolute atomic E-state index is 13.1. The lowest BCUT2D eigenvalue weighted by Gasteiger charge is -2.38. The van der Waals surface area contributed by atoms with Gasteiger partial charge in [0.1, 0.15) is 6.10 Å². The summed E-state index contributed by atoms with van der Waals surface area (Å²) in [5.74, 6) is 0.427. The minimum Gasteiger partial charge on any atom is -0.392 e. The summed E-state index contributed by atoms with van der Waals surface area (Å²) in [4.78, 5) is 12.6. The Balaban J connectivity index is 1.22. The Hall–Kier alpha value is -1.75. The number of ether oxygens (including phenoxy) is 1. The van der Waals surface area contributed by atoms with Crippen molar-refractivity contribution in [1.29, 1.82) is 0 Å². The van der Waals surface area contributed by atoms with Crippen LogP contribution in [0.1, 0.15) is 19.8 Å². The van der Waals surface area contributed by atoms with Crippen LogP contribution in [0, 0.1) is 5.92 Å². The van der Waals surface area contributed by atoms with Gasteiger partial charge in [0.15, 0.2) is 5.13 Å². The molecule has 0 saturated carbocycles. The van der Waals surface area contributed by atoms with Gasteiger partial charge in [-0.05, 0) is 31.5 Å². The van der Waals surface area contributed by atoms with Crippen molar-refractivity contribution in [2.24, 2.45) is 11.1 Å². The van der Waals surface area contributed by atoms with E-state index in [2.05, 4.69) is 10.1 Å². The van der Waals surface area contributed by atoms with Crippen molar-refractivity contribution in [2.75, 3.05) is 31.1 Å². The molecule has 5 heterocycles. The molecule has 1 aromatic heterocycles. The van der Waals surface area contributed by atoms with Crippen LogP contribution in [-0.4, -0.2) is 67.9 Å². The third kappa shape index (κ3) is 2.88. The molecule has 2 aromatic rings. The van der Waals surface area contributed by atoms with Crippen molar-refractivity contribution in [3.8, 4) is 0 Å². The highest BCUT2D eigenvalue weighted by molar-refractivity contribution is 7.89. The second-order valence-corrected chi connectivity index (χ2v) is 11.2. The molecule has 0 amide bonds. The smallest absolute Gasteiger partial charge is 0.243 e. The van der Waals surface area contributed by atoms with E-state index in [1.807, 2.05) is 13.0 Å². The molecule has 3 saturated heterocycles. The topological polar surface area (TPSA) is 84.3 Å². The molecule has 10 heteroatoms. The van der Waals surface area contributed by atoms with Crippen molar-refractivity contribution in [3.05, 3.63) is 18.2 Å². The fourth-order valence-electron chi connectivity index (χ4n) is 4.60. The van der Waals surface area contributed by atoms with Crippen LogP contribution in [0.3, 0.4) is 0 Å². The van der Waals surface area contributed by atoms with Gasteiger partial charge in [-0.15, -0.1) is 0 Å². The van der Waals surface area contributed by atoms with Crippen LogP contribution in [0.15, 0.2) is 28.3 Å². The molecule has 154 valence electrons. The number of morpholine rings is 1. The van der Waals surface area contributed by atoms with Gasteiger partial charge >= 0.3 is 0 Å². The Morgan fingerprint density at radius 3 is 2.79 bits per heavy atom. The number of hydrogen-bond acceptors (Lipinski definition) is 8. The molecule has 2 bridgehead atoms. The van der Waals surface area contributed by atoms with E-state index in [-0.39, 0.29) is 18.2 Å². The maximum atomic E-state index is 13.1. The fraction of sp³-hybridized carbons (Fsp3) is 0.579. The van der Waals surface area contributed by atoms with Crippen LogP contribution in [0.2, 0.25) is 0 Å². The molecule has 3 atom stereocenters. The molecule has 0 radical (unpaired) electrons. The summed E-state index contributed by atoms with van der Waals surface area (Å²) in [6.45, 7) is 4.77. The number of oxime groups is 1. The average molecular weight is 435 g/mol. The molecule has 1 aromatic carbocycles. The monoisotopic (exact) mass is 434 g/mol. The summed E-state index contributed by atoms with van der Waals surface area (Å²) in [5, 5.41) is 5.13. The van der Waals surface area contributed by atoms with Crippen LogP contribution >= 0.6 is 11.3 Å². The van der Waals surface area contributed by atoms with Gasteiger partial charge in [0, 0.05) is 32.0 Å². The second-order valence-electron chi connectivity index (χ2n) is 8.35. The maximum Gasteiger partial charge on any atom is 0.243 e. The third-order valence-corrected chi connectivity index (χ3v) is 9.27. The summed E-state index contributed by atoms with van der Waals surface area (Å²) < 4.78 is 34.3. The third-order valence-electron chi connectivity index (χ3n) is 6.28. The number of benzene rings is 1. The van der Waals surface area contributed by atoms with Crippen molar-refractivity contribution >= 4 is 42.4 Å². The van der Waals surface area contributed by atoms with Gasteiger partial charge in [0.05, 0.1) is 39.6 Å². The largest absolute Gasteiger partial charge is 0.392 e. The van der Waals surface area contributed by atoms with Crippen molar-refractivity contribution < 1.29 is 18.0 Å². The van der Waals surface area contributed by atoms with Crippen LogP contribution in [0.25, 0.3) is 10.2 Å². The van der Waals surface area contributed by atoms with E-state index in [4.69, 9.17) is 14.6 Å². The van der Waals surface area contributed by atoms with E-state index in [1.54, 1.807) is 27.8 Å². The van der Waals surface area contributed by atoms with E-state index in [0.29, 0.717) is 24.0 Å². The quantitative estimate of drug-likeness (QED) is 0.732. The molecule has 3 fully saturated rings. The first-order valence-corrected chi connectivity index (χ1v) is 12.2. The summed E-state index contributed by atoms with van der Waals surface area (Å²) in [6.07, 6.45) is 1.94. The molecule has 0 spiro atoms. The highest BCUT2D eigenvalue weighted by Gasteiger charge is 2.45. The summed E-state index contributed by atoms with van der Waals surface area (Å²) in [7, 11) is -3.50. The van der Waals surface area contributed by atoms with E-state index < -0.39 is 10.0 Å². The SMILES string of the molecule is CC1CC(C2CN(c3nc4ccc(S(=O)(=O)N5C[C@@H]6C[C@H]5CO6)cc4s3)C2)=NO1. The average Bonchev–Trinajstić information content (AvgIpc) is 3.43. The fourth-order valence-corrected chi connectivity index (χ4v) is 7.37. The number of aromatic nitrogens is 1. The lowest BCUT2D eigenvalue weighted by atomic mass is 9.92. The zero-order chi connectivity index (χ0) is 19.8. The van der Waals surface area contributed by atoms with Gasteiger partial charge in [0.25, 0.3) is 0 Å². The molecule has 4 aliphatic rings. The molecule has 4 aliphatic heterocycles. The standard InChI is InChI=1S/C19H22N4O4S2/c1-11-4-17(21-27-11)12-7-22(8-12)19-20-16-3-2-15(6-18(16)28-19)29(24,25)23-9-14-5-13(23)10-26-14/h2-3,6,11-14H,4-5,7-10H2,1H3/t11?,13-,14-/m0/s1. The first-order valence-electron chi connectivity index (χ1n) is 9.99. The minimum atomic E-state index is -3.50. The number of thiazole rings is 1. The number of nitrogens with zero attached hydrogens (tertiary/aromatic N) is 4. The summed E-state index contributed by atoms with van der Waals surface area (Å²) in [6, 6.07) is 5.24.